The highest BCUT2D eigenvalue weighted by molar-refractivity contribution is 7.92. The van der Waals surface area contributed by atoms with E-state index in [1.807, 2.05) is 33.8 Å². The van der Waals surface area contributed by atoms with Gasteiger partial charge in [0.05, 0.1) is 17.7 Å². The zero-order valence-electron chi connectivity index (χ0n) is 24.6. The molecule has 0 saturated heterocycles. The fourth-order valence-corrected chi connectivity index (χ4v) is 5.88. The number of sulfonamides is 1. The second-order valence-corrected chi connectivity index (χ2v) is 13.3. The molecule has 0 spiro atoms. The van der Waals surface area contributed by atoms with Crippen LogP contribution >= 0.6 is 11.6 Å². The average molecular weight is 600 g/mol. The quantitative estimate of drug-likeness (QED) is 0.332. The van der Waals surface area contributed by atoms with Crippen LogP contribution in [0.5, 0.6) is 5.75 Å². The fraction of sp³-hybridized carbons (Fsp3) is 0.355. The highest BCUT2D eigenvalue weighted by Crippen LogP contribution is 2.31. The largest absolute Gasteiger partial charge is 0.497 e. The zero-order chi connectivity index (χ0) is 30.5. The molecule has 0 aromatic heterocycles. The average Bonchev–Trinajstić information content (AvgIpc) is 2.91. The molecular formula is C31H38ClN3O5S. The normalized spacial score (nSPS) is 12.4. The molecule has 0 fully saturated rings. The van der Waals surface area contributed by atoms with Crippen molar-refractivity contribution in [1.82, 2.24) is 10.2 Å². The van der Waals surface area contributed by atoms with Gasteiger partial charge in [-0.3, -0.25) is 13.9 Å². The zero-order valence-corrected chi connectivity index (χ0v) is 26.1. The maximum absolute atomic E-state index is 14.1. The molecule has 10 heteroatoms. The van der Waals surface area contributed by atoms with Gasteiger partial charge in [0.1, 0.15) is 18.3 Å². The van der Waals surface area contributed by atoms with Gasteiger partial charge in [-0.05, 0) is 89.1 Å². The Morgan fingerprint density at radius 3 is 2.24 bits per heavy atom. The summed E-state index contributed by atoms with van der Waals surface area (Å²) in [4.78, 5) is 28.8. The number of halogens is 1. The number of hydrogen-bond donors (Lipinski definition) is 1. The number of ether oxygens (including phenoxy) is 1. The van der Waals surface area contributed by atoms with Crippen LogP contribution in [-0.2, 0) is 26.2 Å². The van der Waals surface area contributed by atoms with Gasteiger partial charge in [-0.1, -0.05) is 47.5 Å². The van der Waals surface area contributed by atoms with Crippen molar-refractivity contribution >= 4 is 39.1 Å². The predicted molar refractivity (Wildman–Crippen MR) is 163 cm³/mol. The van der Waals surface area contributed by atoms with Gasteiger partial charge in [0, 0.05) is 17.1 Å². The van der Waals surface area contributed by atoms with Crippen LogP contribution in [0.4, 0.5) is 5.69 Å². The van der Waals surface area contributed by atoms with Crippen molar-refractivity contribution in [3.63, 3.8) is 0 Å². The summed E-state index contributed by atoms with van der Waals surface area (Å²) in [6.07, 6.45) is 0. The Balaban J connectivity index is 2.09. The number of aryl methyl sites for hydroxylation is 1. The van der Waals surface area contributed by atoms with E-state index in [0.29, 0.717) is 16.3 Å². The first-order chi connectivity index (χ1) is 19.1. The molecule has 3 rings (SSSR count). The highest BCUT2D eigenvalue weighted by Gasteiger charge is 2.34. The van der Waals surface area contributed by atoms with Crippen molar-refractivity contribution in [3.05, 3.63) is 88.4 Å². The molecule has 0 saturated carbocycles. The molecule has 1 unspecified atom stereocenters. The summed E-state index contributed by atoms with van der Waals surface area (Å²) in [5.41, 5.74) is 1.87. The minimum atomic E-state index is -4.19. The number of nitrogens with one attached hydrogen (secondary N) is 1. The number of methoxy groups -OCH3 is 1. The number of carbonyl (C=O) groups is 2. The lowest BCUT2D eigenvalue weighted by Crippen LogP contribution is -2.54. The number of anilines is 1. The summed E-state index contributed by atoms with van der Waals surface area (Å²) in [5, 5.41) is 3.28. The Morgan fingerprint density at radius 2 is 1.63 bits per heavy atom. The van der Waals surface area contributed by atoms with Crippen LogP contribution in [-0.4, -0.2) is 50.4 Å². The first kappa shape index (κ1) is 32.0. The lowest BCUT2D eigenvalue weighted by Gasteiger charge is -2.34. The van der Waals surface area contributed by atoms with E-state index < -0.39 is 34.1 Å². The smallest absolute Gasteiger partial charge is 0.264 e. The van der Waals surface area contributed by atoms with E-state index in [1.165, 1.54) is 17.0 Å². The highest BCUT2D eigenvalue weighted by atomic mass is 35.5. The minimum absolute atomic E-state index is 0.0353. The van der Waals surface area contributed by atoms with Gasteiger partial charge in [-0.25, -0.2) is 8.42 Å². The van der Waals surface area contributed by atoms with E-state index in [9.17, 15) is 18.0 Å². The molecule has 220 valence electrons. The number of rotatable bonds is 10. The first-order valence-corrected chi connectivity index (χ1v) is 15.0. The van der Waals surface area contributed by atoms with Crippen LogP contribution < -0.4 is 14.4 Å². The molecular weight excluding hydrogens is 562 g/mol. The van der Waals surface area contributed by atoms with Gasteiger partial charge in [0.2, 0.25) is 11.8 Å². The van der Waals surface area contributed by atoms with E-state index >= 15 is 0 Å². The first-order valence-electron chi connectivity index (χ1n) is 13.2. The molecule has 0 heterocycles. The van der Waals surface area contributed by atoms with Gasteiger partial charge >= 0.3 is 0 Å². The maximum Gasteiger partial charge on any atom is 0.264 e. The van der Waals surface area contributed by atoms with E-state index in [-0.39, 0.29) is 23.0 Å². The van der Waals surface area contributed by atoms with Gasteiger partial charge in [0.25, 0.3) is 10.0 Å². The number of benzene rings is 3. The van der Waals surface area contributed by atoms with Gasteiger partial charge in [-0.15, -0.1) is 0 Å². The molecule has 1 atom stereocenters. The Kier molecular flexibility index (Phi) is 10.1. The summed E-state index contributed by atoms with van der Waals surface area (Å²) in [7, 11) is -2.65. The van der Waals surface area contributed by atoms with Crippen molar-refractivity contribution in [3.8, 4) is 5.75 Å². The van der Waals surface area contributed by atoms with Crippen molar-refractivity contribution in [2.75, 3.05) is 18.0 Å². The predicted octanol–water partition coefficient (Wildman–Crippen LogP) is 5.49. The van der Waals surface area contributed by atoms with Crippen molar-refractivity contribution < 1.29 is 22.7 Å². The summed E-state index contributed by atoms with van der Waals surface area (Å²) in [6, 6.07) is 17.6. The van der Waals surface area contributed by atoms with Crippen LogP contribution in [0.3, 0.4) is 0 Å². The van der Waals surface area contributed by atoms with Gasteiger partial charge < -0.3 is 15.0 Å². The topological polar surface area (TPSA) is 96.0 Å². The number of carbonyl (C=O) groups excluding carboxylic acids is 2. The number of amides is 2. The molecule has 0 radical (unpaired) electrons. The van der Waals surface area contributed by atoms with Crippen molar-refractivity contribution in [1.29, 1.82) is 0 Å². The van der Waals surface area contributed by atoms with Crippen LogP contribution in [0.1, 0.15) is 44.4 Å². The standard InChI is InChI=1S/C31H38ClN3O5S/c1-21-14-16-26(17-15-21)41(38,39)35(28-13-9-12-27(32)22(28)2)20-29(36)34(23(3)30(37)33-31(4,5)6)19-24-10-8-11-25(18-24)40-7/h8-18,23H,19-20H2,1-7H3,(H,33,37). The SMILES string of the molecule is COc1cccc(CN(C(=O)CN(c2cccc(Cl)c2C)S(=O)(=O)c2ccc(C)cc2)C(C)C(=O)NC(C)(C)C)c1. The summed E-state index contributed by atoms with van der Waals surface area (Å²) in [6.45, 7) is 10.3. The Hall–Kier alpha value is -3.56. The van der Waals surface area contributed by atoms with Crippen LogP contribution in [0.15, 0.2) is 71.6 Å². The molecule has 1 N–H and O–H groups in total. The lowest BCUT2D eigenvalue weighted by atomic mass is 10.1. The fourth-order valence-electron chi connectivity index (χ4n) is 4.24. The molecule has 0 aliphatic rings. The van der Waals surface area contributed by atoms with E-state index in [2.05, 4.69) is 5.32 Å². The summed E-state index contributed by atoms with van der Waals surface area (Å²) < 4.78 is 34.4. The molecule has 0 bridgehead atoms. The summed E-state index contributed by atoms with van der Waals surface area (Å²) >= 11 is 6.38. The Morgan fingerprint density at radius 1 is 1.00 bits per heavy atom. The van der Waals surface area contributed by atoms with E-state index in [4.69, 9.17) is 16.3 Å². The number of hydrogen-bond acceptors (Lipinski definition) is 5. The molecule has 8 nitrogen and oxygen atoms in total. The third-order valence-electron chi connectivity index (χ3n) is 6.55. The third-order valence-corrected chi connectivity index (χ3v) is 8.73. The van der Waals surface area contributed by atoms with Gasteiger partial charge in [0.15, 0.2) is 0 Å². The monoisotopic (exact) mass is 599 g/mol. The third kappa shape index (κ3) is 8.01. The number of nitrogens with zero attached hydrogens (tertiary/aromatic N) is 2. The summed E-state index contributed by atoms with van der Waals surface area (Å²) in [5.74, 6) is -0.320. The molecule has 3 aromatic carbocycles. The van der Waals surface area contributed by atoms with E-state index in [1.54, 1.807) is 69.5 Å². The van der Waals surface area contributed by atoms with Crippen molar-refractivity contribution in [2.24, 2.45) is 0 Å². The second-order valence-electron chi connectivity index (χ2n) is 11.0. The Bertz CT molecular complexity index is 1500. The second kappa shape index (κ2) is 13.0. The lowest BCUT2D eigenvalue weighted by molar-refractivity contribution is -0.140. The van der Waals surface area contributed by atoms with Crippen molar-refractivity contribution in [2.45, 2.75) is 64.6 Å². The molecule has 0 aliphatic carbocycles. The van der Waals surface area contributed by atoms with Gasteiger partial charge in [-0.2, -0.15) is 0 Å². The minimum Gasteiger partial charge on any atom is -0.497 e. The van der Waals surface area contributed by atoms with Crippen LogP contribution in [0.2, 0.25) is 5.02 Å². The molecule has 0 aliphatic heterocycles. The Labute approximate surface area is 248 Å². The van der Waals surface area contributed by atoms with Crippen LogP contribution in [0.25, 0.3) is 0 Å². The van der Waals surface area contributed by atoms with E-state index in [0.717, 1.165) is 15.4 Å². The molecule has 41 heavy (non-hydrogen) atoms. The molecule has 2 amide bonds. The maximum atomic E-state index is 14.1. The van der Waals surface area contributed by atoms with Crippen LogP contribution in [0, 0.1) is 13.8 Å². The molecule has 3 aromatic rings.